The molecule has 122 valence electrons. The lowest BCUT2D eigenvalue weighted by molar-refractivity contribution is 0.542. The highest BCUT2D eigenvalue weighted by Gasteiger charge is 2.27. The highest BCUT2D eigenvalue weighted by atomic mass is 15.0. The van der Waals surface area contributed by atoms with Gasteiger partial charge in [0.15, 0.2) is 0 Å². The van der Waals surface area contributed by atoms with E-state index in [1.54, 1.807) is 12.7 Å². The summed E-state index contributed by atoms with van der Waals surface area (Å²) < 4.78 is 0. The minimum absolute atomic E-state index is 0.155. The smallest absolute Gasteiger partial charge is 0.0926 e. The van der Waals surface area contributed by atoms with Gasteiger partial charge in [-0.05, 0) is 11.1 Å². The van der Waals surface area contributed by atoms with Crippen LogP contribution >= 0.6 is 0 Å². The summed E-state index contributed by atoms with van der Waals surface area (Å²) in [5.74, 6) is 0. The number of nitrogens with one attached hydrogen (secondary N) is 4. The van der Waals surface area contributed by atoms with Gasteiger partial charge in [0.25, 0.3) is 0 Å². The molecule has 6 heteroatoms. The SMILES string of the molecule is c1cc(C2NCCc3[nH]cnc32)cc(C2NCCc3[nH]cnc32)c1. The van der Waals surface area contributed by atoms with Gasteiger partial charge in [0.2, 0.25) is 0 Å². The zero-order valence-corrected chi connectivity index (χ0v) is 13.3. The predicted molar refractivity (Wildman–Crippen MR) is 90.7 cm³/mol. The monoisotopic (exact) mass is 320 g/mol. The van der Waals surface area contributed by atoms with Gasteiger partial charge < -0.3 is 20.6 Å². The first-order valence-electron chi connectivity index (χ1n) is 8.51. The fourth-order valence-corrected chi connectivity index (χ4v) is 3.91. The third-order valence-corrected chi connectivity index (χ3v) is 5.07. The molecule has 2 atom stereocenters. The van der Waals surface area contributed by atoms with Gasteiger partial charge in [0, 0.05) is 37.3 Å². The highest BCUT2D eigenvalue weighted by molar-refractivity contribution is 5.39. The topological polar surface area (TPSA) is 81.4 Å². The van der Waals surface area contributed by atoms with Crippen molar-refractivity contribution < 1.29 is 0 Å². The lowest BCUT2D eigenvalue weighted by Crippen LogP contribution is -2.32. The standard InChI is InChI=1S/C18H20N6/c1-2-11(15-17-13(4-6-19-15)21-9-23-17)8-12(3-1)16-18-14(5-7-20-16)22-10-24-18/h1-3,8-10,15-16,19-20H,4-7H2,(H,21,23)(H,22,24). The number of fused-ring (bicyclic) bond motifs is 2. The highest BCUT2D eigenvalue weighted by Crippen LogP contribution is 2.31. The second-order valence-electron chi connectivity index (χ2n) is 6.48. The van der Waals surface area contributed by atoms with E-state index in [2.05, 4.69) is 54.8 Å². The van der Waals surface area contributed by atoms with Crippen molar-refractivity contribution in [2.24, 2.45) is 0 Å². The van der Waals surface area contributed by atoms with Crippen molar-refractivity contribution in [3.05, 3.63) is 70.8 Å². The summed E-state index contributed by atoms with van der Waals surface area (Å²) in [5, 5.41) is 7.19. The third kappa shape index (κ3) is 2.18. The number of hydrogen-bond acceptors (Lipinski definition) is 4. The molecule has 4 N–H and O–H groups in total. The number of aromatic amines is 2. The number of hydrogen-bond donors (Lipinski definition) is 4. The Labute approximate surface area is 140 Å². The van der Waals surface area contributed by atoms with Gasteiger partial charge in [-0.3, -0.25) is 0 Å². The summed E-state index contributed by atoms with van der Waals surface area (Å²) in [4.78, 5) is 15.6. The summed E-state index contributed by atoms with van der Waals surface area (Å²) in [6, 6.07) is 9.08. The van der Waals surface area contributed by atoms with E-state index in [-0.39, 0.29) is 12.1 Å². The van der Waals surface area contributed by atoms with Crippen molar-refractivity contribution in [3.8, 4) is 0 Å². The van der Waals surface area contributed by atoms with Gasteiger partial charge >= 0.3 is 0 Å². The van der Waals surface area contributed by atoms with Crippen LogP contribution in [0.3, 0.4) is 0 Å². The Balaban J connectivity index is 1.53. The minimum Gasteiger partial charge on any atom is -0.348 e. The summed E-state index contributed by atoms with van der Waals surface area (Å²) in [7, 11) is 0. The van der Waals surface area contributed by atoms with E-state index in [1.165, 1.54) is 22.5 Å². The van der Waals surface area contributed by atoms with Gasteiger partial charge in [-0.2, -0.15) is 0 Å². The van der Waals surface area contributed by atoms with E-state index < -0.39 is 0 Å². The van der Waals surface area contributed by atoms with Crippen molar-refractivity contribution in [2.45, 2.75) is 24.9 Å². The molecule has 5 rings (SSSR count). The lowest BCUT2D eigenvalue weighted by Gasteiger charge is -2.26. The summed E-state index contributed by atoms with van der Waals surface area (Å²) in [6.07, 6.45) is 5.61. The summed E-state index contributed by atoms with van der Waals surface area (Å²) in [6.45, 7) is 1.94. The lowest BCUT2D eigenvalue weighted by atomic mass is 9.92. The summed E-state index contributed by atoms with van der Waals surface area (Å²) in [5.41, 5.74) is 7.24. The molecule has 2 aliphatic rings. The van der Waals surface area contributed by atoms with Crippen molar-refractivity contribution in [3.63, 3.8) is 0 Å². The van der Waals surface area contributed by atoms with Crippen LogP contribution in [0.5, 0.6) is 0 Å². The molecule has 0 bridgehead atoms. The van der Waals surface area contributed by atoms with Gasteiger partial charge in [-0.15, -0.1) is 0 Å². The Morgan fingerprint density at radius 2 is 1.33 bits per heavy atom. The van der Waals surface area contributed by atoms with Crippen LogP contribution < -0.4 is 10.6 Å². The van der Waals surface area contributed by atoms with E-state index in [4.69, 9.17) is 0 Å². The number of imidazole rings is 2. The molecular formula is C18H20N6. The maximum Gasteiger partial charge on any atom is 0.0926 e. The van der Waals surface area contributed by atoms with E-state index >= 15 is 0 Å². The second kappa shape index (κ2) is 5.58. The van der Waals surface area contributed by atoms with Crippen molar-refractivity contribution in [2.75, 3.05) is 13.1 Å². The van der Waals surface area contributed by atoms with Gasteiger partial charge in [-0.1, -0.05) is 24.3 Å². The van der Waals surface area contributed by atoms with Crippen molar-refractivity contribution in [1.82, 2.24) is 30.6 Å². The Morgan fingerprint density at radius 3 is 1.88 bits per heavy atom. The molecule has 0 fully saturated rings. The van der Waals surface area contributed by atoms with Crippen LogP contribution in [-0.4, -0.2) is 33.0 Å². The van der Waals surface area contributed by atoms with E-state index in [9.17, 15) is 0 Å². The molecule has 0 aliphatic carbocycles. The Morgan fingerprint density at radius 1 is 0.792 bits per heavy atom. The van der Waals surface area contributed by atoms with Crippen LogP contribution in [0.15, 0.2) is 36.9 Å². The largest absolute Gasteiger partial charge is 0.348 e. The average Bonchev–Trinajstić information content (AvgIpc) is 3.30. The van der Waals surface area contributed by atoms with Gasteiger partial charge in [0.1, 0.15) is 0 Å². The minimum atomic E-state index is 0.155. The number of H-pyrrole nitrogens is 2. The van der Waals surface area contributed by atoms with Crippen LogP contribution in [0.1, 0.15) is 46.0 Å². The van der Waals surface area contributed by atoms with Crippen LogP contribution in [0.25, 0.3) is 0 Å². The van der Waals surface area contributed by atoms with Crippen LogP contribution in [0.2, 0.25) is 0 Å². The Hall–Kier alpha value is -2.44. The zero-order valence-electron chi connectivity index (χ0n) is 13.3. The maximum absolute atomic E-state index is 4.53. The quantitative estimate of drug-likeness (QED) is 0.578. The van der Waals surface area contributed by atoms with E-state index in [0.29, 0.717) is 0 Å². The first-order valence-corrected chi connectivity index (χ1v) is 8.51. The molecule has 2 unspecified atom stereocenters. The Bertz CT molecular complexity index is 796. The second-order valence-corrected chi connectivity index (χ2v) is 6.48. The molecular weight excluding hydrogens is 300 g/mol. The third-order valence-electron chi connectivity index (χ3n) is 5.07. The fraction of sp³-hybridized carbons (Fsp3) is 0.333. The number of nitrogens with zero attached hydrogens (tertiary/aromatic N) is 2. The van der Waals surface area contributed by atoms with Crippen molar-refractivity contribution >= 4 is 0 Å². The van der Waals surface area contributed by atoms with Crippen LogP contribution in [-0.2, 0) is 12.8 Å². The molecule has 4 heterocycles. The average molecular weight is 320 g/mol. The number of benzene rings is 1. The van der Waals surface area contributed by atoms with E-state index in [0.717, 1.165) is 37.3 Å². The molecule has 0 saturated heterocycles. The molecule has 0 spiro atoms. The molecule has 3 aromatic rings. The molecule has 1 aromatic carbocycles. The van der Waals surface area contributed by atoms with Crippen molar-refractivity contribution in [1.29, 1.82) is 0 Å². The summed E-state index contributed by atoms with van der Waals surface area (Å²) >= 11 is 0. The van der Waals surface area contributed by atoms with Crippen LogP contribution in [0.4, 0.5) is 0 Å². The molecule has 0 radical (unpaired) electrons. The van der Waals surface area contributed by atoms with Gasteiger partial charge in [0.05, 0.1) is 36.1 Å². The van der Waals surface area contributed by atoms with Crippen LogP contribution in [0, 0.1) is 0 Å². The van der Waals surface area contributed by atoms with Gasteiger partial charge in [-0.25, -0.2) is 9.97 Å². The molecule has 2 aliphatic heterocycles. The molecule has 0 amide bonds. The number of rotatable bonds is 2. The molecule has 2 aromatic heterocycles. The zero-order chi connectivity index (χ0) is 15.9. The number of aromatic nitrogens is 4. The molecule has 24 heavy (non-hydrogen) atoms. The fourth-order valence-electron chi connectivity index (χ4n) is 3.91. The molecule has 0 saturated carbocycles. The predicted octanol–water partition coefficient (Wildman–Crippen LogP) is 1.60. The normalized spacial score (nSPS) is 22.8. The first-order chi connectivity index (χ1) is 11.9. The molecule has 6 nitrogen and oxygen atoms in total. The Kier molecular flexibility index (Phi) is 3.24. The maximum atomic E-state index is 4.53. The first kappa shape index (κ1) is 13.9. The van der Waals surface area contributed by atoms with E-state index in [1.807, 2.05) is 0 Å².